The number of hydrogen-bond acceptors (Lipinski definition) is 6. The molecule has 0 amide bonds. The van der Waals surface area contributed by atoms with Crippen molar-refractivity contribution in [3.63, 3.8) is 0 Å². The number of benzene rings is 2. The van der Waals surface area contributed by atoms with Crippen LogP contribution in [0.5, 0.6) is 0 Å². The van der Waals surface area contributed by atoms with Gasteiger partial charge in [0, 0.05) is 30.3 Å². The molecule has 0 atom stereocenters. The zero-order valence-corrected chi connectivity index (χ0v) is 16.1. The van der Waals surface area contributed by atoms with Crippen LogP contribution < -0.4 is 4.90 Å². The summed E-state index contributed by atoms with van der Waals surface area (Å²) in [5, 5.41) is 13.3. The lowest BCUT2D eigenvalue weighted by Crippen LogP contribution is -2.35. The zero-order chi connectivity index (χ0) is 19.9. The molecule has 1 aliphatic heterocycles. The van der Waals surface area contributed by atoms with Crippen molar-refractivity contribution >= 4 is 11.6 Å². The molecular weight excluding hydrogens is 376 g/mol. The molecule has 0 aliphatic carbocycles. The molecule has 3 aromatic heterocycles. The largest absolute Gasteiger partial charge is 0.347 e. The molecule has 0 unspecified atom stereocenters. The van der Waals surface area contributed by atoms with Gasteiger partial charge >= 0.3 is 0 Å². The Labute approximate surface area is 172 Å². The number of anilines is 1. The molecule has 4 heterocycles. The number of rotatable bonds is 3. The Bertz CT molecular complexity index is 1320. The van der Waals surface area contributed by atoms with Crippen molar-refractivity contribution < 1.29 is 0 Å². The lowest BCUT2D eigenvalue weighted by Gasteiger charge is -2.29. The summed E-state index contributed by atoms with van der Waals surface area (Å²) in [4.78, 5) is 11.3. The van der Waals surface area contributed by atoms with Crippen LogP contribution in [0.2, 0.25) is 0 Å². The van der Waals surface area contributed by atoms with Gasteiger partial charge in [0.15, 0.2) is 11.6 Å². The van der Waals surface area contributed by atoms with E-state index in [1.165, 1.54) is 0 Å². The van der Waals surface area contributed by atoms with E-state index in [0.29, 0.717) is 12.3 Å². The Morgan fingerprint density at radius 2 is 1.57 bits per heavy atom. The molecule has 5 aromatic rings. The molecule has 0 saturated heterocycles. The highest BCUT2D eigenvalue weighted by molar-refractivity contribution is 5.66. The monoisotopic (exact) mass is 394 g/mol. The number of fused-ring (bicyclic) bond motifs is 2. The predicted octanol–water partition coefficient (Wildman–Crippen LogP) is 3.07. The van der Waals surface area contributed by atoms with Crippen LogP contribution in [0.3, 0.4) is 0 Å². The Morgan fingerprint density at radius 3 is 2.37 bits per heavy atom. The van der Waals surface area contributed by atoms with Gasteiger partial charge in [-0.1, -0.05) is 60.7 Å². The maximum absolute atomic E-state index is 4.68. The Morgan fingerprint density at radius 1 is 0.800 bits per heavy atom. The van der Waals surface area contributed by atoms with Crippen molar-refractivity contribution in [2.24, 2.45) is 0 Å². The van der Waals surface area contributed by atoms with E-state index < -0.39 is 0 Å². The summed E-state index contributed by atoms with van der Waals surface area (Å²) in [5.41, 5.74) is 3.01. The first-order chi connectivity index (χ1) is 14.9. The van der Waals surface area contributed by atoms with Crippen LogP contribution in [0, 0.1) is 0 Å². The van der Waals surface area contributed by atoms with E-state index in [-0.39, 0.29) is 0 Å². The Balaban J connectivity index is 1.40. The quantitative estimate of drug-likeness (QED) is 0.468. The number of hydrogen-bond donors (Lipinski definition) is 0. The lowest BCUT2D eigenvalue weighted by atomic mass is 10.1. The highest BCUT2D eigenvalue weighted by Crippen LogP contribution is 2.28. The van der Waals surface area contributed by atoms with Crippen molar-refractivity contribution in [1.82, 2.24) is 34.3 Å². The van der Waals surface area contributed by atoms with Gasteiger partial charge in [-0.15, -0.1) is 10.2 Å². The average Bonchev–Trinajstić information content (AvgIpc) is 3.46. The van der Waals surface area contributed by atoms with Gasteiger partial charge in [-0.05, 0) is 0 Å². The minimum Gasteiger partial charge on any atom is -0.347 e. The van der Waals surface area contributed by atoms with Crippen molar-refractivity contribution in [3.05, 3.63) is 78.9 Å². The molecule has 2 aromatic carbocycles. The highest BCUT2D eigenvalue weighted by atomic mass is 15.4. The van der Waals surface area contributed by atoms with Gasteiger partial charge in [0.25, 0.3) is 5.78 Å². The van der Waals surface area contributed by atoms with E-state index in [0.717, 1.165) is 47.4 Å². The van der Waals surface area contributed by atoms with Gasteiger partial charge in [-0.25, -0.2) is 4.98 Å². The Hall–Kier alpha value is -4.07. The van der Waals surface area contributed by atoms with Crippen LogP contribution in [0.25, 0.3) is 28.4 Å². The molecule has 8 heteroatoms. The van der Waals surface area contributed by atoms with Gasteiger partial charge < -0.3 is 9.47 Å². The van der Waals surface area contributed by atoms with Gasteiger partial charge in [-0.3, -0.25) is 0 Å². The van der Waals surface area contributed by atoms with Gasteiger partial charge in [0.2, 0.25) is 0 Å². The molecule has 146 valence electrons. The molecule has 0 saturated carbocycles. The van der Waals surface area contributed by atoms with E-state index in [1.807, 2.05) is 36.4 Å². The fourth-order valence-electron chi connectivity index (χ4n) is 3.93. The van der Waals surface area contributed by atoms with Crippen molar-refractivity contribution in [2.75, 3.05) is 11.4 Å². The van der Waals surface area contributed by atoms with Crippen LogP contribution >= 0.6 is 0 Å². The summed E-state index contributed by atoms with van der Waals surface area (Å²) in [6, 6.07) is 22.4. The second-order valence-electron chi connectivity index (χ2n) is 7.22. The van der Waals surface area contributed by atoms with Crippen molar-refractivity contribution in [3.8, 4) is 22.6 Å². The van der Waals surface area contributed by atoms with Crippen LogP contribution in [0.1, 0.15) is 5.82 Å². The van der Waals surface area contributed by atoms with E-state index >= 15 is 0 Å². The highest BCUT2D eigenvalue weighted by Gasteiger charge is 2.24. The maximum Gasteiger partial charge on any atom is 0.254 e. The second-order valence-corrected chi connectivity index (χ2v) is 7.22. The molecule has 1 aliphatic rings. The molecule has 0 spiro atoms. The first kappa shape index (κ1) is 16.8. The van der Waals surface area contributed by atoms with Crippen LogP contribution in [-0.2, 0) is 13.1 Å². The standard InChI is InChI=1S/C22H18N8/c1-3-7-16(8-4-1)18-13-20(30-22(25-18)23-15-24-30)28-11-12-29-19(14-28)26-27-21(29)17-9-5-2-6-10-17/h1-10,13,15H,11-12,14H2. The van der Waals surface area contributed by atoms with Crippen molar-refractivity contribution in [1.29, 1.82) is 0 Å². The second kappa shape index (κ2) is 6.77. The lowest BCUT2D eigenvalue weighted by molar-refractivity contribution is 0.555. The molecule has 0 N–H and O–H groups in total. The zero-order valence-electron chi connectivity index (χ0n) is 16.1. The van der Waals surface area contributed by atoms with Gasteiger partial charge in [0.05, 0.1) is 12.2 Å². The smallest absolute Gasteiger partial charge is 0.254 e. The van der Waals surface area contributed by atoms with Gasteiger partial charge in [0.1, 0.15) is 12.1 Å². The van der Waals surface area contributed by atoms with E-state index in [4.69, 9.17) is 0 Å². The van der Waals surface area contributed by atoms with E-state index in [1.54, 1.807) is 10.8 Å². The van der Waals surface area contributed by atoms with Crippen LogP contribution in [-0.4, -0.2) is 40.9 Å². The summed E-state index contributed by atoms with van der Waals surface area (Å²) >= 11 is 0. The predicted molar refractivity (Wildman–Crippen MR) is 113 cm³/mol. The Kier molecular flexibility index (Phi) is 3.80. The van der Waals surface area contributed by atoms with Crippen molar-refractivity contribution in [2.45, 2.75) is 13.1 Å². The third kappa shape index (κ3) is 2.73. The maximum atomic E-state index is 4.68. The third-order valence-electron chi connectivity index (χ3n) is 5.41. The molecule has 0 radical (unpaired) electrons. The van der Waals surface area contributed by atoms with Gasteiger partial charge in [-0.2, -0.15) is 14.6 Å². The molecule has 6 rings (SSSR count). The van der Waals surface area contributed by atoms with E-state index in [2.05, 4.69) is 65.1 Å². The van der Waals surface area contributed by atoms with Crippen LogP contribution in [0.4, 0.5) is 5.82 Å². The topological polar surface area (TPSA) is 77.0 Å². The molecule has 0 fully saturated rings. The minimum absolute atomic E-state index is 0.586. The SMILES string of the molecule is c1ccc(-c2cc(N3CCn4c(nnc4-c4ccccc4)C3)n3ncnc3n2)cc1. The summed E-state index contributed by atoms with van der Waals surface area (Å²) in [5.74, 6) is 3.39. The number of nitrogens with zero attached hydrogens (tertiary/aromatic N) is 8. The number of aromatic nitrogens is 7. The fourth-order valence-corrected chi connectivity index (χ4v) is 3.93. The third-order valence-corrected chi connectivity index (χ3v) is 5.41. The summed E-state index contributed by atoms with van der Waals surface area (Å²) in [6.07, 6.45) is 1.54. The molecule has 8 nitrogen and oxygen atoms in total. The van der Waals surface area contributed by atoms with E-state index in [9.17, 15) is 0 Å². The normalized spacial score (nSPS) is 13.5. The first-order valence-corrected chi connectivity index (χ1v) is 9.85. The molecule has 30 heavy (non-hydrogen) atoms. The van der Waals surface area contributed by atoms with Crippen LogP contribution in [0.15, 0.2) is 73.1 Å². The average molecular weight is 394 g/mol. The fraction of sp³-hybridized carbons (Fsp3) is 0.136. The first-order valence-electron chi connectivity index (χ1n) is 9.85. The summed E-state index contributed by atoms with van der Waals surface area (Å²) in [7, 11) is 0. The molecular formula is C22H18N8. The summed E-state index contributed by atoms with van der Waals surface area (Å²) < 4.78 is 3.99. The minimum atomic E-state index is 0.586. The molecule has 0 bridgehead atoms. The summed E-state index contributed by atoms with van der Waals surface area (Å²) in [6.45, 7) is 2.26.